The van der Waals surface area contributed by atoms with Crippen molar-refractivity contribution < 1.29 is 19.1 Å². The number of hydrogen-bond donors (Lipinski definition) is 1. The molecule has 1 heterocycles. The van der Waals surface area contributed by atoms with Crippen LogP contribution in [0, 0.1) is 0 Å². The average molecular weight is 344 g/mol. The number of halogens is 1. The third-order valence-electron chi connectivity index (χ3n) is 3.79. The number of cyclic esters (lactones) is 1. The Balaban J connectivity index is 1.74. The summed E-state index contributed by atoms with van der Waals surface area (Å²) in [4.78, 5) is 35.6. The van der Waals surface area contributed by atoms with E-state index in [1.807, 2.05) is 0 Å². The first-order valence-corrected chi connectivity index (χ1v) is 7.73. The number of fused-ring (bicyclic) bond motifs is 1. The predicted octanol–water partition coefficient (Wildman–Crippen LogP) is 3.26. The number of ketones is 1. The first kappa shape index (κ1) is 16.2. The Kier molecular flexibility index (Phi) is 4.36. The van der Waals surface area contributed by atoms with E-state index in [1.165, 1.54) is 6.92 Å². The Morgan fingerprint density at radius 3 is 2.54 bits per heavy atom. The monoisotopic (exact) mass is 343 g/mol. The summed E-state index contributed by atoms with van der Waals surface area (Å²) in [7, 11) is 0. The largest absolute Gasteiger partial charge is 0.448 e. The van der Waals surface area contributed by atoms with Crippen LogP contribution < -0.4 is 5.32 Å². The molecule has 0 aromatic heterocycles. The second-order valence-electron chi connectivity index (χ2n) is 5.52. The highest BCUT2D eigenvalue weighted by Crippen LogP contribution is 2.24. The number of nitrogens with one attached hydrogen (secondary N) is 1. The maximum atomic E-state index is 12.3. The molecule has 1 N–H and O–H groups in total. The molecule has 0 spiro atoms. The molecule has 1 aliphatic rings. The molecule has 0 radical (unpaired) electrons. The number of carbonyl (C=O) groups is 3. The highest BCUT2D eigenvalue weighted by Gasteiger charge is 2.31. The van der Waals surface area contributed by atoms with Crippen molar-refractivity contribution >= 4 is 34.9 Å². The number of carbonyl (C=O) groups excluding carboxylic acids is 3. The zero-order chi connectivity index (χ0) is 17.3. The number of esters is 1. The normalized spacial score (nSPS) is 16.1. The van der Waals surface area contributed by atoms with Gasteiger partial charge in [0.1, 0.15) is 0 Å². The van der Waals surface area contributed by atoms with Crippen LogP contribution >= 0.6 is 11.6 Å². The molecular formula is C18H14ClNO4. The lowest BCUT2D eigenvalue weighted by Crippen LogP contribution is -2.38. The number of anilines is 1. The number of rotatable bonds is 3. The molecule has 1 unspecified atom stereocenters. The van der Waals surface area contributed by atoms with Gasteiger partial charge in [-0.3, -0.25) is 9.59 Å². The van der Waals surface area contributed by atoms with Crippen LogP contribution in [0.4, 0.5) is 5.69 Å². The molecule has 122 valence electrons. The van der Waals surface area contributed by atoms with E-state index in [-0.39, 0.29) is 12.2 Å². The minimum Gasteiger partial charge on any atom is -0.448 e. The SMILES string of the molecule is CC(=O)c1ccc(NC(=O)C2Cc3cc(Cl)ccc3C(=O)O2)cc1. The van der Waals surface area contributed by atoms with Crippen LogP contribution in [0.3, 0.4) is 0 Å². The van der Waals surface area contributed by atoms with Crippen molar-refractivity contribution in [2.45, 2.75) is 19.4 Å². The molecule has 1 amide bonds. The van der Waals surface area contributed by atoms with E-state index >= 15 is 0 Å². The number of ether oxygens (including phenoxy) is 1. The minimum absolute atomic E-state index is 0.0532. The van der Waals surface area contributed by atoms with Crippen molar-refractivity contribution in [1.29, 1.82) is 0 Å². The van der Waals surface area contributed by atoms with Gasteiger partial charge in [-0.1, -0.05) is 11.6 Å². The van der Waals surface area contributed by atoms with Gasteiger partial charge in [0.2, 0.25) is 0 Å². The van der Waals surface area contributed by atoms with E-state index < -0.39 is 18.0 Å². The van der Waals surface area contributed by atoms with Crippen molar-refractivity contribution in [2.75, 3.05) is 5.32 Å². The van der Waals surface area contributed by atoms with Crippen molar-refractivity contribution in [1.82, 2.24) is 0 Å². The maximum absolute atomic E-state index is 12.3. The summed E-state index contributed by atoms with van der Waals surface area (Å²) in [6.45, 7) is 1.47. The van der Waals surface area contributed by atoms with Gasteiger partial charge in [-0.05, 0) is 55.0 Å². The second kappa shape index (κ2) is 6.45. The van der Waals surface area contributed by atoms with Crippen LogP contribution in [0.5, 0.6) is 0 Å². The Bertz CT molecular complexity index is 829. The minimum atomic E-state index is -0.920. The molecule has 0 saturated heterocycles. The van der Waals surface area contributed by atoms with E-state index in [4.69, 9.17) is 16.3 Å². The highest BCUT2D eigenvalue weighted by atomic mass is 35.5. The summed E-state index contributed by atoms with van der Waals surface area (Å²) in [6, 6.07) is 11.4. The van der Waals surface area contributed by atoms with Gasteiger partial charge in [0.05, 0.1) is 5.56 Å². The molecule has 1 aliphatic heterocycles. The van der Waals surface area contributed by atoms with Crippen LogP contribution in [0.15, 0.2) is 42.5 Å². The van der Waals surface area contributed by atoms with Gasteiger partial charge in [-0.2, -0.15) is 0 Å². The molecular weight excluding hydrogens is 330 g/mol. The fourth-order valence-electron chi connectivity index (χ4n) is 2.52. The summed E-state index contributed by atoms with van der Waals surface area (Å²) < 4.78 is 5.20. The third kappa shape index (κ3) is 3.31. The molecule has 0 bridgehead atoms. The molecule has 2 aromatic carbocycles. The Hall–Kier alpha value is -2.66. The van der Waals surface area contributed by atoms with Gasteiger partial charge in [-0.15, -0.1) is 0 Å². The lowest BCUT2D eigenvalue weighted by molar-refractivity contribution is -0.125. The van der Waals surface area contributed by atoms with Gasteiger partial charge >= 0.3 is 5.97 Å². The Morgan fingerprint density at radius 1 is 1.17 bits per heavy atom. The lowest BCUT2D eigenvalue weighted by Gasteiger charge is -2.24. The van der Waals surface area contributed by atoms with Gasteiger partial charge in [0, 0.05) is 22.7 Å². The van der Waals surface area contributed by atoms with Crippen molar-refractivity contribution in [3.05, 3.63) is 64.2 Å². The van der Waals surface area contributed by atoms with E-state index in [2.05, 4.69) is 5.32 Å². The summed E-state index contributed by atoms with van der Waals surface area (Å²) in [5.41, 5.74) is 2.19. The molecule has 3 rings (SSSR count). The van der Waals surface area contributed by atoms with Crippen molar-refractivity contribution in [3.8, 4) is 0 Å². The molecule has 0 saturated carbocycles. The van der Waals surface area contributed by atoms with Crippen molar-refractivity contribution in [3.63, 3.8) is 0 Å². The first-order valence-electron chi connectivity index (χ1n) is 7.35. The number of Topliss-reactive ketones (excluding diaryl/α,β-unsaturated/α-hetero) is 1. The molecule has 0 aliphatic carbocycles. The Labute approximate surface area is 143 Å². The molecule has 5 nitrogen and oxygen atoms in total. The fourth-order valence-corrected chi connectivity index (χ4v) is 2.72. The Morgan fingerprint density at radius 2 is 1.88 bits per heavy atom. The average Bonchev–Trinajstić information content (AvgIpc) is 2.54. The van der Waals surface area contributed by atoms with Gasteiger partial charge in [-0.25, -0.2) is 4.79 Å². The van der Waals surface area contributed by atoms with Crippen LogP contribution in [0.25, 0.3) is 0 Å². The summed E-state index contributed by atoms with van der Waals surface area (Å²) in [5, 5.41) is 3.19. The summed E-state index contributed by atoms with van der Waals surface area (Å²) >= 11 is 5.94. The van der Waals surface area contributed by atoms with E-state index in [1.54, 1.807) is 42.5 Å². The molecule has 0 fully saturated rings. The molecule has 2 aromatic rings. The van der Waals surface area contributed by atoms with Gasteiger partial charge in [0.25, 0.3) is 5.91 Å². The van der Waals surface area contributed by atoms with E-state index in [0.29, 0.717) is 27.4 Å². The number of amides is 1. The van der Waals surface area contributed by atoms with Crippen LogP contribution in [0.1, 0.15) is 33.2 Å². The van der Waals surface area contributed by atoms with Gasteiger partial charge in [0.15, 0.2) is 11.9 Å². The van der Waals surface area contributed by atoms with E-state index in [0.717, 1.165) is 0 Å². The van der Waals surface area contributed by atoms with Crippen LogP contribution in [0.2, 0.25) is 5.02 Å². The van der Waals surface area contributed by atoms with Crippen LogP contribution in [-0.2, 0) is 16.0 Å². The van der Waals surface area contributed by atoms with Crippen LogP contribution in [-0.4, -0.2) is 23.8 Å². The molecule has 1 atom stereocenters. The van der Waals surface area contributed by atoms with Crippen molar-refractivity contribution in [2.24, 2.45) is 0 Å². The molecule has 6 heteroatoms. The zero-order valence-corrected chi connectivity index (χ0v) is 13.6. The highest BCUT2D eigenvalue weighted by molar-refractivity contribution is 6.30. The smallest absolute Gasteiger partial charge is 0.339 e. The third-order valence-corrected chi connectivity index (χ3v) is 4.03. The summed E-state index contributed by atoms with van der Waals surface area (Å²) in [6.07, 6.45) is -0.658. The first-order chi connectivity index (χ1) is 11.4. The lowest BCUT2D eigenvalue weighted by atomic mass is 9.98. The van der Waals surface area contributed by atoms with E-state index in [9.17, 15) is 14.4 Å². The zero-order valence-electron chi connectivity index (χ0n) is 12.8. The predicted molar refractivity (Wildman–Crippen MR) is 89.4 cm³/mol. The topological polar surface area (TPSA) is 72.5 Å². The quantitative estimate of drug-likeness (QED) is 0.685. The molecule has 24 heavy (non-hydrogen) atoms. The standard InChI is InChI=1S/C18H14ClNO4/c1-10(21)11-2-5-14(6-3-11)20-17(22)16-9-12-8-13(19)4-7-15(12)18(23)24-16/h2-8,16H,9H2,1H3,(H,20,22). The van der Waals surface area contributed by atoms with Gasteiger partial charge < -0.3 is 10.1 Å². The maximum Gasteiger partial charge on any atom is 0.339 e. The number of benzene rings is 2. The second-order valence-corrected chi connectivity index (χ2v) is 5.96. The fraction of sp³-hybridized carbons (Fsp3) is 0.167. The summed E-state index contributed by atoms with van der Waals surface area (Å²) in [5.74, 6) is -1.02. The number of hydrogen-bond acceptors (Lipinski definition) is 4.